The molecule has 5 heterocycles. The predicted octanol–water partition coefficient (Wildman–Crippen LogP) is 3.89. The van der Waals surface area contributed by atoms with Gasteiger partial charge in [0.25, 0.3) is 17.7 Å². The maximum absolute atomic E-state index is 15.3. The Hall–Kier alpha value is -5.93. The minimum absolute atomic E-state index is 0.00254. The number of nitrogens with zero attached hydrogens (tertiary/aromatic N) is 5. The Morgan fingerprint density at radius 1 is 1.00 bits per heavy atom. The van der Waals surface area contributed by atoms with E-state index < -0.39 is 29.8 Å². The highest BCUT2D eigenvalue weighted by molar-refractivity contribution is 6.06. The van der Waals surface area contributed by atoms with Crippen LogP contribution in [0.2, 0.25) is 0 Å². The molecular weight excluding hydrogens is 719 g/mol. The number of hydrogen-bond acceptors (Lipinski definition) is 9. The van der Waals surface area contributed by atoms with Gasteiger partial charge in [-0.25, -0.2) is 4.39 Å². The Morgan fingerprint density at radius 3 is 2.46 bits per heavy atom. The van der Waals surface area contributed by atoms with Gasteiger partial charge in [-0.05, 0) is 73.3 Å². The number of piperidine rings is 2. The number of fused-ring (bicyclic) bond motifs is 2. The summed E-state index contributed by atoms with van der Waals surface area (Å²) in [6, 6.07) is 19.5. The van der Waals surface area contributed by atoms with Crippen LogP contribution in [0.15, 0.2) is 66.7 Å². The van der Waals surface area contributed by atoms with Crippen molar-refractivity contribution >= 4 is 41.0 Å². The maximum atomic E-state index is 15.3. The second kappa shape index (κ2) is 15.3. The Labute approximate surface area is 323 Å². The summed E-state index contributed by atoms with van der Waals surface area (Å²) >= 11 is 0. The van der Waals surface area contributed by atoms with Gasteiger partial charge in [0.05, 0.1) is 24.3 Å². The van der Waals surface area contributed by atoms with E-state index in [-0.39, 0.29) is 48.7 Å². The molecule has 0 bridgehead atoms. The van der Waals surface area contributed by atoms with E-state index in [1.54, 1.807) is 17.0 Å². The number of carbonyl (C=O) groups is 5. The molecule has 56 heavy (non-hydrogen) atoms. The molecule has 2 atom stereocenters. The van der Waals surface area contributed by atoms with Crippen molar-refractivity contribution in [1.29, 1.82) is 0 Å². The van der Waals surface area contributed by atoms with E-state index in [4.69, 9.17) is 4.74 Å². The summed E-state index contributed by atoms with van der Waals surface area (Å²) in [6.45, 7) is 2.87. The summed E-state index contributed by atoms with van der Waals surface area (Å²) in [4.78, 5) is 71.3. The fourth-order valence-corrected chi connectivity index (χ4v) is 8.37. The van der Waals surface area contributed by atoms with Crippen molar-refractivity contribution in [2.45, 2.75) is 70.0 Å². The number of ether oxygens (including phenoxy) is 1. The first-order valence-electron chi connectivity index (χ1n) is 18.8. The van der Waals surface area contributed by atoms with E-state index in [0.717, 1.165) is 54.0 Å². The van der Waals surface area contributed by atoms with E-state index >= 15 is 4.39 Å². The van der Waals surface area contributed by atoms with E-state index in [2.05, 4.69) is 30.6 Å². The van der Waals surface area contributed by atoms with Crippen molar-refractivity contribution in [3.63, 3.8) is 0 Å². The van der Waals surface area contributed by atoms with Crippen LogP contribution < -0.4 is 15.5 Å². The Kier molecular flexibility index (Phi) is 10.1. The normalized spacial score (nSPS) is 19.0. The molecule has 8 rings (SSSR count). The number of anilines is 2. The van der Waals surface area contributed by atoms with Gasteiger partial charge in [0.1, 0.15) is 11.9 Å². The Morgan fingerprint density at radius 2 is 1.75 bits per heavy atom. The van der Waals surface area contributed by atoms with Crippen LogP contribution in [0.25, 0.3) is 0 Å². The average Bonchev–Trinajstić information content (AvgIpc) is 3.89. The van der Waals surface area contributed by atoms with Crippen molar-refractivity contribution in [3.05, 3.63) is 112 Å². The highest BCUT2D eigenvalue weighted by Crippen LogP contribution is 2.33. The number of benzene rings is 3. The second-order valence-electron chi connectivity index (χ2n) is 14.9. The maximum Gasteiger partial charge on any atom is 0.258 e. The summed E-state index contributed by atoms with van der Waals surface area (Å²) in [6.07, 6.45) is 1.41. The average molecular weight is 763 g/mol. The molecule has 0 saturated carbocycles. The zero-order chi connectivity index (χ0) is 39.1. The molecule has 0 radical (unpaired) electrons. The number of hydrogen-bond donors (Lipinski definition) is 3. The number of carbonyl (C=O) groups excluding carboxylic acids is 5. The second-order valence-corrected chi connectivity index (χ2v) is 14.9. The number of halogens is 1. The van der Waals surface area contributed by atoms with Crippen LogP contribution in [-0.2, 0) is 45.3 Å². The van der Waals surface area contributed by atoms with E-state index in [1.807, 2.05) is 55.6 Å². The number of methoxy groups -OCH3 is 1. The molecule has 14 nitrogen and oxygen atoms in total. The molecule has 2 saturated heterocycles. The number of H-pyrrole nitrogens is 1. The van der Waals surface area contributed by atoms with E-state index in [0.29, 0.717) is 36.6 Å². The largest absolute Gasteiger partial charge is 0.371 e. The Bertz CT molecular complexity index is 2190. The first-order valence-corrected chi connectivity index (χ1v) is 18.8. The van der Waals surface area contributed by atoms with Crippen molar-refractivity contribution in [1.82, 2.24) is 30.2 Å². The first kappa shape index (κ1) is 37.0. The minimum atomic E-state index is -0.791. The lowest BCUT2D eigenvalue weighted by molar-refractivity contribution is -0.143. The summed E-state index contributed by atoms with van der Waals surface area (Å²) in [7, 11) is 3.53. The van der Waals surface area contributed by atoms with Crippen molar-refractivity contribution in [2.75, 3.05) is 37.5 Å². The summed E-state index contributed by atoms with van der Waals surface area (Å²) < 4.78 is 20.9. The van der Waals surface area contributed by atoms with Gasteiger partial charge >= 0.3 is 0 Å². The van der Waals surface area contributed by atoms with Gasteiger partial charge in [-0.3, -0.25) is 39.3 Å². The summed E-state index contributed by atoms with van der Waals surface area (Å²) in [5.74, 6) is -2.06. The molecule has 0 aliphatic carbocycles. The van der Waals surface area contributed by atoms with Crippen molar-refractivity contribution < 1.29 is 33.1 Å². The molecule has 290 valence electrons. The van der Waals surface area contributed by atoms with Crippen LogP contribution in [0.5, 0.6) is 0 Å². The summed E-state index contributed by atoms with van der Waals surface area (Å²) in [5.41, 5.74) is 5.13. The van der Waals surface area contributed by atoms with E-state index in [9.17, 15) is 24.0 Å². The van der Waals surface area contributed by atoms with Crippen LogP contribution >= 0.6 is 0 Å². The van der Waals surface area contributed by atoms with Crippen LogP contribution in [0, 0.1) is 5.82 Å². The van der Waals surface area contributed by atoms with E-state index in [1.165, 1.54) is 18.1 Å². The fraction of sp³-hybridized carbons (Fsp3) is 0.366. The topological polar surface area (TPSA) is 160 Å². The molecule has 4 aromatic rings. The molecule has 2 fully saturated rings. The summed E-state index contributed by atoms with van der Waals surface area (Å²) in [5, 5.41) is 12.5. The number of nitrogens with one attached hydrogen (secondary N) is 3. The number of rotatable bonds is 10. The number of aromatic amines is 1. The highest BCUT2D eigenvalue weighted by atomic mass is 19.1. The van der Waals surface area contributed by atoms with Crippen LogP contribution in [0.3, 0.4) is 0 Å². The quantitative estimate of drug-likeness (QED) is 0.204. The van der Waals surface area contributed by atoms with Gasteiger partial charge < -0.3 is 24.8 Å². The van der Waals surface area contributed by atoms with Gasteiger partial charge in [0, 0.05) is 62.6 Å². The number of imide groups is 1. The molecule has 3 aromatic carbocycles. The SMILES string of the molecule is COC(C(=O)N1Cc2[nH]nc(NC(=O)c3ccc(N4CCC(N(C)Cc5cc(F)c6c(c5)CN(C5CCC(=O)NC5=O)C6=O)CC4)cc3)c2C1)c1ccccc1. The third-order valence-corrected chi connectivity index (χ3v) is 11.4. The highest BCUT2D eigenvalue weighted by Gasteiger charge is 2.41. The zero-order valence-electron chi connectivity index (χ0n) is 31.2. The molecule has 1 aromatic heterocycles. The predicted molar refractivity (Wildman–Crippen MR) is 203 cm³/mol. The molecule has 3 N–H and O–H groups in total. The van der Waals surface area contributed by atoms with Gasteiger partial charge in [-0.2, -0.15) is 5.10 Å². The molecule has 2 unspecified atom stereocenters. The third kappa shape index (κ3) is 7.15. The molecule has 5 amide bonds. The first-order chi connectivity index (χ1) is 27.1. The van der Waals surface area contributed by atoms with Crippen molar-refractivity contribution in [2.24, 2.45) is 0 Å². The molecule has 4 aliphatic rings. The fourth-order valence-electron chi connectivity index (χ4n) is 8.37. The van der Waals surface area contributed by atoms with Crippen molar-refractivity contribution in [3.8, 4) is 0 Å². The molecule has 15 heteroatoms. The molecule has 4 aliphatic heterocycles. The lowest BCUT2D eigenvalue weighted by atomic mass is 10.0. The van der Waals surface area contributed by atoms with Crippen LogP contribution in [0.4, 0.5) is 15.9 Å². The molecule has 0 spiro atoms. The number of amides is 5. The van der Waals surface area contributed by atoms with Gasteiger partial charge in [0.2, 0.25) is 11.8 Å². The minimum Gasteiger partial charge on any atom is -0.371 e. The third-order valence-electron chi connectivity index (χ3n) is 11.4. The monoisotopic (exact) mass is 762 g/mol. The van der Waals surface area contributed by atoms with Crippen LogP contribution in [0.1, 0.15) is 80.5 Å². The van der Waals surface area contributed by atoms with Gasteiger partial charge in [0.15, 0.2) is 11.9 Å². The van der Waals surface area contributed by atoms with Gasteiger partial charge in [-0.1, -0.05) is 36.4 Å². The Balaban J connectivity index is 0.830. The van der Waals surface area contributed by atoms with Crippen LogP contribution in [-0.4, -0.2) is 93.8 Å². The standard InChI is InChI=1S/C41H43FN8O6/c1-47(20-24-18-27-21-50(40(54)35(27)31(42)19-24)33-12-13-34(51)43-39(33)53)28-14-16-48(17-15-28)29-10-8-26(9-11-29)38(52)44-37-30-22-49(23-32(30)45-46-37)41(55)36(56-2)25-6-4-3-5-7-25/h3-11,18-19,28,33,36H,12-17,20-23H2,1-2H3,(H,43,51,53)(H2,44,45,46,52). The van der Waals surface area contributed by atoms with Gasteiger partial charge in [-0.15, -0.1) is 0 Å². The number of aromatic nitrogens is 2. The zero-order valence-corrected chi connectivity index (χ0v) is 31.2. The molecular formula is C41H43FN8O6. The lowest BCUT2D eigenvalue weighted by Crippen LogP contribution is -2.52. The lowest BCUT2D eigenvalue weighted by Gasteiger charge is -2.38. The smallest absolute Gasteiger partial charge is 0.258 e.